The van der Waals surface area contributed by atoms with Crippen molar-refractivity contribution < 1.29 is 9.47 Å². The summed E-state index contributed by atoms with van der Waals surface area (Å²) in [5.41, 5.74) is 7.04. The van der Waals surface area contributed by atoms with Crippen molar-refractivity contribution in [3.63, 3.8) is 0 Å². The lowest BCUT2D eigenvalue weighted by Crippen LogP contribution is -2.22. The zero-order chi connectivity index (χ0) is 13.8. The van der Waals surface area contributed by atoms with E-state index in [1.54, 1.807) is 7.11 Å². The summed E-state index contributed by atoms with van der Waals surface area (Å²) in [7, 11) is 3.79. The maximum atomic E-state index is 6.08. The summed E-state index contributed by atoms with van der Waals surface area (Å²) in [6.07, 6.45) is 2.17. The van der Waals surface area contributed by atoms with Gasteiger partial charge in [-0.25, -0.2) is 0 Å². The second-order valence-electron chi connectivity index (χ2n) is 5.46. The Balaban J connectivity index is 2.11. The predicted octanol–water partition coefficient (Wildman–Crippen LogP) is 1.67. The van der Waals surface area contributed by atoms with Crippen molar-refractivity contribution in [1.82, 2.24) is 4.90 Å². The van der Waals surface area contributed by atoms with Crippen LogP contribution in [-0.4, -0.2) is 44.3 Å². The topological polar surface area (TPSA) is 47.7 Å². The van der Waals surface area contributed by atoms with Crippen LogP contribution in [0.25, 0.3) is 0 Å². The van der Waals surface area contributed by atoms with Crippen molar-refractivity contribution in [2.45, 2.75) is 31.9 Å². The van der Waals surface area contributed by atoms with Crippen LogP contribution in [-0.2, 0) is 6.42 Å². The van der Waals surface area contributed by atoms with Gasteiger partial charge in [-0.2, -0.15) is 0 Å². The van der Waals surface area contributed by atoms with Crippen molar-refractivity contribution in [2.75, 3.05) is 27.2 Å². The van der Waals surface area contributed by atoms with Crippen LogP contribution in [0, 0.1) is 0 Å². The SMILES string of the molecule is COc1ccc(CC(C)N)cc1OC1CCN(C)C1. The molecule has 1 aromatic carbocycles. The lowest BCUT2D eigenvalue weighted by atomic mass is 10.1. The van der Waals surface area contributed by atoms with Gasteiger partial charge in [0.2, 0.25) is 0 Å². The summed E-state index contributed by atoms with van der Waals surface area (Å²) in [4.78, 5) is 2.28. The highest BCUT2D eigenvalue weighted by Crippen LogP contribution is 2.30. The molecule has 1 fully saturated rings. The largest absolute Gasteiger partial charge is 0.493 e. The highest BCUT2D eigenvalue weighted by atomic mass is 16.5. The van der Waals surface area contributed by atoms with Crippen molar-refractivity contribution in [1.29, 1.82) is 0 Å². The van der Waals surface area contributed by atoms with Crippen LogP contribution in [0.4, 0.5) is 0 Å². The van der Waals surface area contributed by atoms with Crippen LogP contribution in [0.3, 0.4) is 0 Å². The van der Waals surface area contributed by atoms with E-state index in [1.807, 2.05) is 13.0 Å². The molecule has 2 rings (SSSR count). The summed E-state index contributed by atoms with van der Waals surface area (Å²) in [6, 6.07) is 6.22. The van der Waals surface area contributed by atoms with Crippen LogP contribution < -0.4 is 15.2 Å². The van der Waals surface area contributed by atoms with Gasteiger partial charge in [-0.15, -0.1) is 0 Å². The van der Waals surface area contributed by atoms with Crippen molar-refractivity contribution in [3.05, 3.63) is 23.8 Å². The van der Waals surface area contributed by atoms with E-state index in [4.69, 9.17) is 15.2 Å². The Morgan fingerprint density at radius 1 is 1.42 bits per heavy atom. The van der Waals surface area contributed by atoms with E-state index < -0.39 is 0 Å². The summed E-state index contributed by atoms with van der Waals surface area (Å²) in [5, 5.41) is 0. The monoisotopic (exact) mass is 264 g/mol. The van der Waals surface area contributed by atoms with Gasteiger partial charge in [0.05, 0.1) is 7.11 Å². The molecule has 0 bridgehead atoms. The van der Waals surface area contributed by atoms with E-state index in [9.17, 15) is 0 Å². The first-order valence-electron chi connectivity index (χ1n) is 6.86. The second kappa shape index (κ2) is 6.26. The Morgan fingerprint density at radius 3 is 2.79 bits per heavy atom. The van der Waals surface area contributed by atoms with E-state index in [2.05, 4.69) is 24.1 Å². The number of likely N-dealkylation sites (tertiary alicyclic amines) is 1. The number of ether oxygens (including phenoxy) is 2. The molecule has 0 amide bonds. The molecule has 2 atom stereocenters. The number of hydrogen-bond acceptors (Lipinski definition) is 4. The molecule has 1 aromatic rings. The number of nitrogens with two attached hydrogens (primary N) is 1. The standard InChI is InChI=1S/C15H24N2O2/c1-11(16)8-12-4-5-14(18-3)15(9-12)19-13-6-7-17(2)10-13/h4-5,9,11,13H,6-8,10,16H2,1-3H3. The van der Waals surface area contributed by atoms with Gasteiger partial charge in [0.1, 0.15) is 6.10 Å². The van der Waals surface area contributed by atoms with Crippen LogP contribution in [0.2, 0.25) is 0 Å². The fourth-order valence-electron chi connectivity index (χ4n) is 2.48. The van der Waals surface area contributed by atoms with Gasteiger partial charge < -0.3 is 20.1 Å². The average Bonchev–Trinajstić information content (AvgIpc) is 2.74. The molecule has 1 heterocycles. The number of benzene rings is 1. The maximum Gasteiger partial charge on any atom is 0.161 e. The third-order valence-electron chi connectivity index (χ3n) is 3.43. The molecule has 0 aromatic heterocycles. The Labute approximate surface area is 115 Å². The van der Waals surface area contributed by atoms with Crippen LogP contribution >= 0.6 is 0 Å². The van der Waals surface area contributed by atoms with Gasteiger partial charge in [-0.3, -0.25) is 0 Å². The van der Waals surface area contributed by atoms with Crippen molar-refractivity contribution in [3.8, 4) is 11.5 Å². The van der Waals surface area contributed by atoms with E-state index >= 15 is 0 Å². The molecule has 0 saturated carbocycles. The van der Waals surface area contributed by atoms with Gasteiger partial charge >= 0.3 is 0 Å². The van der Waals surface area contributed by atoms with Crippen molar-refractivity contribution >= 4 is 0 Å². The normalized spacial score (nSPS) is 21.4. The first-order valence-corrected chi connectivity index (χ1v) is 6.86. The lowest BCUT2D eigenvalue weighted by molar-refractivity contribution is 0.199. The average molecular weight is 264 g/mol. The summed E-state index contributed by atoms with van der Waals surface area (Å²) in [6.45, 7) is 4.07. The molecule has 2 unspecified atom stereocenters. The molecule has 0 aliphatic carbocycles. The Kier molecular flexibility index (Phi) is 4.66. The molecular weight excluding hydrogens is 240 g/mol. The molecular formula is C15H24N2O2. The van der Waals surface area contributed by atoms with E-state index in [0.29, 0.717) is 0 Å². The lowest BCUT2D eigenvalue weighted by Gasteiger charge is -2.17. The smallest absolute Gasteiger partial charge is 0.161 e. The number of hydrogen-bond donors (Lipinski definition) is 1. The number of rotatable bonds is 5. The zero-order valence-electron chi connectivity index (χ0n) is 12.1. The van der Waals surface area contributed by atoms with Gasteiger partial charge in [-0.1, -0.05) is 6.07 Å². The second-order valence-corrected chi connectivity index (χ2v) is 5.46. The summed E-state index contributed by atoms with van der Waals surface area (Å²) in [5.74, 6) is 1.63. The quantitative estimate of drug-likeness (QED) is 0.879. The third-order valence-corrected chi connectivity index (χ3v) is 3.43. The highest BCUT2D eigenvalue weighted by Gasteiger charge is 2.22. The fraction of sp³-hybridized carbons (Fsp3) is 0.600. The van der Waals surface area contributed by atoms with Gasteiger partial charge in [0.15, 0.2) is 11.5 Å². The van der Waals surface area contributed by atoms with Crippen LogP contribution in [0.1, 0.15) is 18.9 Å². The first kappa shape index (κ1) is 14.2. The van der Waals surface area contributed by atoms with E-state index in [-0.39, 0.29) is 12.1 Å². The number of methoxy groups -OCH3 is 1. The minimum Gasteiger partial charge on any atom is -0.493 e. The Hall–Kier alpha value is -1.26. The minimum atomic E-state index is 0.152. The Morgan fingerprint density at radius 2 is 2.21 bits per heavy atom. The van der Waals surface area contributed by atoms with E-state index in [0.717, 1.165) is 37.4 Å². The number of nitrogens with zero attached hydrogens (tertiary/aromatic N) is 1. The molecule has 2 N–H and O–H groups in total. The molecule has 106 valence electrons. The first-order chi connectivity index (χ1) is 9.08. The van der Waals surface area contributed by atoms with Gasteiger partial charge in [0, 0.05) is 19.1 Å². The minimum absolute atomic E-state index is 0.152. The molecule has 1 saturated heterocycles. The molecule has 4 nitrogen and oxygen atoms in total. The molecule has 1 aliphatic rings. The number of likely N-dealkylation sites (N-methyl/N-ethyl adjacent to an activating group) is 1. The molecule has 0 spiro atoms. The van der Waals surface area contributed by atoms with Gasteiger partial charge in [-0.05, 0) is 44.5 Å². The molecule has 0 radical (unpaired) electrons. The molecule has 4 heteroatoms. The van der Waals surface area contributed by atoms with Crippen LogP contribution in [0.5, 0.6) is 11.5 Å². The van der Waals surface area contributed by atoms with Gasteiger partial charge in [0.25, 0.3) is 0 Å². The molecule has 1 aliphatic heterocycles. The predicted molar refractivity (Wildman–Crippen MR) is 76.9 cm³/mol. The third kappa shape index (κ3) is 3.85. The fourth-order valence-corrected chi connectivity index (χ4v) is 2.48. The highest BCUT2D eigenvalue weighted by molar-refractivity contribution is 5.43. The Bertz CT molecular complexity index is 421. The van der Waals surface area contributed by atoms with Crippen molar-refractivity contribution in [2.24, 2.45) is 5.73 Å². The zero-order valence-corrected chi connectivity index (χ0v) is 12.1. The summed E-state index contributed by atoms with van der Waals surface area (Å²) >= 11 is 0. The molecule has 19 heavy (non-hydrogen) atoms. The summed E-state index contributed by atoms with van der Waals surface area (Å²) < 4.78 is 11.5. The maximum absolute atomic E-state index is 6.08. The van der Waals surface area contributed by atoms with Crippen LogP contribution in [0.15, 0.2) is 18.2 Å². The van der Waals surface area contributed by atoms with E-state index in [1.165, 1.54) is 5.56 Å².